The third-order valence-corrected chi connectivity index (χ3v) is 3.88. The van der Waals surface area contributed by atoms with E-state index in [2.05, 4.69) is 26.6 Å². The van der Waals surface area contributed by atoms with Crippen LogP contribution in [0.2, 0.25) is 0 Å². The smallest absolute Gasteiger partial charge is 0.236 e. The van der Waals surface area contributed by atoms with Crippen LogP contribution in [0.15, 0.2) is 16.6 Å². The lowest BCUT2D eigenvalue weighted by Crippen LogP contribution is -2.42. The topological polar surface area (TPSA) is 68.8 Å². The molecule has 1 aromatic rings. The van der Waals surface area contributed by atoms with E-state index >= 15 is 0 Å². The van der Waals surface area contributed by atoms with E-state index in [1.54, 1.807) is 7.11 Å². The first-order chi connectivity index (χ1) is 10.1. The summed E-state index contributed by atoms with van der Waals surface area (Å²) >= 11 is 3.50. The first-order valence-corrected chi connectivity index (χ1v) is 7.49. The highest BCUT2D eigenvalue weighted by molar-refractivity contribution is 9.10. The maximum Gasteiger partial charge on any atom is 0.236 e. The van der Waals surface area contributed by atoms with Crippen molar-refractivity contribution in [3.05, 3.63) is 22.2 Å². The van der Waals surface area contributed by atoms with Crippen molar-refractivity contribution in [2.45, 2.75) is 19.5 Å². The Hall–Kier alpha value is -1.31. The van der Waals surface area contributed by atoms with Gasteiger partial charge in [0.15, 0.2) is 11.5 Å². The Labute approximate surface area is 132 Å². The van der Waals surface area contributed by atoms with Gasteiger partial charge in [-0.25, -0.2) is 0 Å². The highest BCUT2D eigenvalue weighted by Gasteiger charge is 2.17. The molecule has 0 saturated heterocycles. The Balaban J connectivity index is 1.86. The fourth-order valence-corrected chi connectivity index (χ4v) is 2.34. The van der Waals surface area contributed by atoms with Crippen LogP contribution in [0.3, 0.4) is 0 Å². The number of amides is 1. The molecule has 21 heavy (non-hydrogen) atoms. The van der Waals surface area contributed by atoms with Crippen LogP contribution in [0.1, 0.15) is 12.5 Å². The molecule has 7 heteroatoms. The van der Waals surface area contributed by atoms with Gasteiger partial charge in [-0.05, 0) is 24.6 Å². The second-order valence-electron chi connectivity index (χ2n) is 4.68. The largest absolute Gasteiger partial charge is 0.454 e. The van der Waals surface area contributed by atoms with Crippen molar-refractivity contribution in [1.82, 2.24) is 10.6 Å². The molecular weight excluding hydrogens is 340 g/mol. The maximum atomic E-state index is 11.8. The zero-order valence-corrected chi connectivity index (χ0v) is 13.7. The number of hydrogen-bond donors (Lipinski definition) is 2. The average molecular weight is 359 g/mol. The number of nitrogens with one attached hydrogen (secondary N) is 2. The molecule has 116 valence electrons. The fraction of sp³-hybridized carbons (Fsp3) is 0.500. The van der Waals surface area contributed by atoms with Crippen molar-refractivity contribution in [1.29, 1.82) is 0 Å². The molecule has 1 atom stereocenters. The molecule has 0 radical (unpaired) electrons. The SMILES string of the molecule is COCCNC(=O)C(C)NCc1cc2c(cc1Br)OCO2. The van der Waals surface area contributed by atoms with E-state index in [1.165, 1.54) is 0 Å². The van der Waals surface area contributed by atoms with E-state index in [9.17, 15) is 4.79 Å². The number of hydrogen-bond acceptors (Lipinski definition) is 5. The van der Waals surface area contributed by atoms with E-state index in [0.717, 1.165) is 21.5 Å². The van der Waals surface area contributed by atoms with Gasteiger partial charge in [0.2, 0.25) is 12.7 Å². The molecule has 2 rings (SSSR count). The van der Waals surface area contributed by atoms with E-state index in [-0.39, 0.29) is 18.7 Å². The Morgan fingerprint density at radius 3 is 2.86 bits per heavy atom. The van der Waals surface area contributed by atoms with Crippen molar-refractivity contribution >= 4 is 21.8 Å². The van der Waals surface area contributed by atoms with Gasteiger partial charge in [-0.15, -0.1) is 0 Å². The van der Waals surface area contributed by atoms with Crippen LogP contribution < -0.4 is 20.1 Å². The summed E-state index contributed by atoms with van der Waals surface area (Å²) in [6, 6.07) is 3.50. The molecule has 1 aliphatic rings. The van der Waals surface area contributed by atoms with Gasteiger partial charge in [0, 0.05) is 24.7 Å². The van der Waals surface area contributed by atoms with Crippen molar-refractivity contribution in [3.63, 3.8) is 0 Å². The Kier molecular flexibility index (Phi) is 5.84. The molecule has 1 heterocycles. The monoisotopic (exact) mass is 358 g/mol. The summed E-state index contributed by atoms with van der Waals surface area (Å²) in [6.45, 7) is 3.64. The predicted octanol–water partition coefficient (Wildman–Crippen LogP) is 1.42. The van der Waals surface area contributed by atoms with Crippen molar-refractivity contribution in [3.8, 4) is 11.5 Å². The summed E-state index contributed by atoms with van der Waals surface area (Å²) < 4.78 is 16.5. The second-order valence-corrected chi connectivity index (χ2v) is 5.54. The molecule has 1 aromatic carbocycles. The van der Waals surface area contributed by atoms with Crippen LogP contribution in [0.25, 0.3) is 0 Å². The fourth-order valence-electron chi connectivity index (χ4n) is 1.88. The standard InChI is InChI=1S/C14H19BrN2O4/c1-9(14(18)16-3-4-19-2)17-7-10-5-12-13(6-11(10)15)21-8-20-12/h5-6,9,17H,3-4,7-8H2,1-2H3,(H,16,18). The van der Waals surface area contributed by atoms with Gasteiger partial charge in [0.25, 0.3) is 0 Å². The molecule has 0 fully saturated rings. The highest BCUT2D eigenvalue weighted by Crippen LogP contribution is 2.36. The highest BCUT2D eigenvalue weighted by atomic mass is 79.9. The minimum absolute atomic E-state index is 0.0519. The second kappa shape index (κ2) is 7.63. The van der Waals surface area contributed by atoms with Gasteiger partial charge in [0.1, 0.15) is 0 Å². The zero-order valence-electron chi connectivity index (χ0n) is 12.1. The quantitative estimate of drug-likeness (QED) is 0.721. The zero-order chi connectivity index (χ0) is 15.2. The number of carbonyl (C=O) groups excluding carboxylic acids is 1. The molecule has 0 bridgehead atoms. The van der Waals surface area contributed by atoms with Gasteiger partial charge >= 0.3 is 0 Å². The molecule has 0 aromatic heterocycles. The summed E-state index contributed by atoms with van der Waals surface area (Å²) in [4.78, 5) is 11.8. The summed E-state index contributed by atoms with van der Waals surface area (Å²) in [5, 5.41) is 5.97. The predicted molar refractivity (Wildman–Crippen MR) is 81.5 cm³/mol. The molecule has 6 nitrogen and oxygen atoms in total. The van der Waals surface area contributed by atoms with Gasteiger partial charge < -0.3 is 24.8 Å². The normalized spacial score (nSPS) is 14.0. The van der Waals surface area contributed by atoms with E-state index in [4.69, 9.17) is 14.2 Å². The molecule has 1 aliphatic heterocycles. The lowest BCUT2D eigenvalue weighted by molar-refractivity contribution is -0.122. The van der Waals surface area contributed by atoms with Crippen LogP contribution in [-0.4, -0.2) is 39.0 Å². The number of methoxy groups -OCH3 is 1. The minimum Gasteiger partial charge on any atom is -0.454 e. The molecule has 1 amide bonds. The van der Waals surface area contributed by atoms with Gasteiger partial charge in [-0.1, -0.05) is 15.9 Å². The van der Waals surface area contributed by atoms with Gasteiger partial charge in [-0.3, -0.25) is 4.79 Å². The van der Waals surface area contributed by atoms with Crippen LogP contribution in [0.4, 0.5) is 0 Å². The first kappa shape index (κ1) is 16.1. The van der Waals surface area contributed by atoms with E-state index < -0.39 is 0 Å². The summed E-state index contributed by atoms with van der Waals surface area (Å²) in [7, 11) is 1.60. The number of halogens is 1. The van der Waals surface area contributed by atoms with Gasteiger partial charge in [0.05, 0.1) is 12.6 Å². The van der Waals surface area contributed by atoms with Crippen molar-refractivity contribution < 1.29 is 19.0 Å². The molecular formula is C14H19BrN2O4. The number of ether oxygens (including phenoxy) is 3. The molecule has 0 aliphatic carbocycles. The third-order valence-electron chi connectivity index (χ3n) is 3.14. The van der Waals surface area contributed by atoms with E-state index in [0.29, 0.717) is 19.7 Å². The summed E-state index contributed by atoms with van der Waals surface area (Å²) in [5.74, 6) is 1.41. The molecule has 0 spiro atoms. The molecule has 0 saturated carbocycles. The first-order valence-electron chi connectivity index (χ1n) is 6.70. The lowest BCUT2D eigenvalue weighted by Gasteiger charge is -2.15. The molecule has 1 unspecified atom stereocenters. The van der Waals surface area contributed by atoms with Gasteiger partial charge in [-0.2, -0.15) is 0 Å². The Bertz CT molecular complexity index is 510. The number of benzene rings is 1. The number of fused-ring (bicyclic) bond motifs is 1. The Morgan fingerprint density at radius 1 is 1.43 bits per heavy atom. The summed E-state index contributed by atoms with van der Waals surface area (Å²) in [6.07, 6.45) is 0. The Morgan fingerprint density at radius 2 is 2.14 bits per heavy atom. The van der Waals surface area contributed by atoms with Crippen LogP contribution >= 0.6 is 15.9 Å². The molecule has 2 N–H and O–H groups in total. The average Bonchev–Trinajstić information content (AvgIpc) is 2.91. The van der Waals surface area contributed by atoms with Crippen molar-refractivity contribution in [2.75, 3.05) is 27.1 Å². The lowest BCUT2D eigenvalue weighted by atomic mass is 10.2. The summed E-state index contributed by atoms with van der Waals surface area (Å²) in [5.41, 5.74) is 1.01. The van der Waals surface area contributed by atoms with E-state index in [1.807, 2.05) is 19.1 Å². The number of rotatable bonds is 7. The minimum atomic E-state index is -0.292. The third kappa shape index (κ3) is 4.33. The number of carbonyl (C=O) groups is 1. The maximum absolute atomic E-state index is 11.8. The van der Waals surface area contributed by atoms with Crippen molar-refractivity contribution in [2.24, 2.45) is 0 Å². The van der Waals surface area contributed by atoms with Crippen LogP contribution in [0.5, 0.6) is 11.5 Å². The van der Waals surface area contributed by atoms with Crippen LogP contribution in [-0.2, 0) is 16.1 Å². The van der Waals surface area contributed by atoms with Crippen LogP contribution in [0, 0.1) is 0 Å².